The van der Waals surface area contributed by atoms with Crippen LogP contribution in [0.4, 0.5) is 0 Å². The van der Waals surface area contributed by atoms with Crippen molar-refractivity contribution in [2.24, 2.45) is 5.10 Å². The summed E-state index contributed by atoms with van der Waals surface area (Å²) < 4.78 is 5.52. The number of para-hydroxylation sites is 1. The van der Waals surface area contributed by atoms with E-state index in [0.717, 1.165) is 22.1 Å². The quantitative estimate of drug-likeness (QED) is 0.571. The van der Waals surface area contributed by atoms with E-state index in [-0.39, 0.29) is 5.91 Å². The summed E-state index contributed by atoms with van der Waals surface area (Å²) in [4.78, 5) is 12.2. The number of carbonyl (C=O) groups excluding carboxylic acids is 1. The zero-order valence-electron chi connectivity index (χ0n) is 13.4. The fraction of sp³-hybridized carbons (Fsp3) is 0.100. The molecule has 0 aliphatic heterocycles. The second-order valence-electron chi connectivity index (χ2n) is 5.23. The van der Waals surface area contributed by atoms with Gasteiger partial charge >= 0.3 is 0 Å². The fourth-order valence-corrected chi connectivity index (χ4v) is 2.43. The Kier molecular flexibility index (Phi) is 4.87. The first-order valence-corrected chi connectivity index (χ1v) is 7.82. The van der Waals surface area contributed by atoms with Crippen molar-refractivity contribution in [3.8, 4) is 5.75 Å². The van der Waals surface area contributed by atoms with E-state index >= 15 is 0 Å². The van der Waals surface area contributed by atoms with Gasteiger partial charge in [0.2, 0.25) is 0 Å². The molecule has 0 saturated heterocycles. The average Bonchev–Trinajstić information content (AvgIpc) is 2.63. The van der Waals surface area contributed by atoms with Crippen LogP contribution in [0.15, 0.2) is 71.8 Å². The summed E-state index contributed by atoms with van der Waals surface area (Å²) in [7, 11) is 0. The van der Waals surface area contributed by atoms with Crippen LogP contribution in [0.25, 0.3) is 10.8 Å². The highest BCUT2D eigenvalue weighted by Crippen LogP contribution is 2.16. The number of carbonyl (C=O) groups is 1. The van der Waals surface area contributed by atoms with Crippen LogP contribution in [0.1, 0.15) is 22.8 Å². The van der Waals surface area contributed by atoms with E-state index in [2.05, 4.69) is 10.5 Å². The Morgan fingerprint density at radius 2 is 1.79 bits per heavy atom. The lowest BCUT2D eigenvalue weighted by molar-refractivity contribution is 0.0955. The molecule has 0 atom stereocenters. The number of fused-ring (bicyclic) bond motifs is 1. The molecule has 120 valence electrons. The van der Waals surface area contributed by atoms with Gasteiger partial charge in [-0.25, -0.2) is 5.43 Å². The minimum Gasteiger partial charge on any atom is -0.493 e. The summed E-state index contributed by atoms with van der Waals surface area (Å²) >= 11 is 0. The number of ether oxygens (including phenoxy) is 1. The van der Waals surface area contributed by atoms with E-state index in [9.17, 15) is 4.79 Å². The van der Waals surface area contributed by atoms with Gasteiger partial charge in [0, 0.05) is 11.1 Å². The van der Waals surface area contributed by atoms with Crippen LogP contribution >= 0.6 is 0 Å². The third kappa shape index (κ3) is 3.60. The molecule has 0 heterocycles. The van der Waals surface area contributed by atoms with Gasteiger partial charge in [-0.3, -0.25) is 4.79 Å². The smallest absolute Gasteiger partial charge is 0.271 e. The Morgan fingerprint density at radius 3 is 2.62 bits per heavy atom. The van der Waals surface area contributed by atoms with Crippen molar-refractivity contribution in [2.75, 3.05) is 6.61 Å². The molecule has 0 unspecified atom stereocenters. The summed E-state index contributed by atoms with van der Waals surface area (Å²) in [6.45, 7) is 2.50. The van der Waals surface area contributed by atoms with Crippen molar-refractivity contribution < 1.29 is 9.53 Å². The zero-order valence-corrected chi connectivity index (χ0v) is 13.4. The third-order valence-corrected chi connectivity index (χ3v) is 3.60. The fourth-order valence-electron chi connectivity index (χ4n) is 2.43. The van der Waals surface area contributed by atoms with E-state index in [1.165, 1.54) is 0 Å². The van der Waals surface area contributed by atoms with Gasteiger partial charge in [0.05, 0.1) is 12.8 Å². The second-order valence-corrected chi connectivity index (χ2v) is 5.23. The van der Waals surface area contributed by atoms with Crippen molar-refractivity contribution in [3.05, 3.63) is 77.9 Å². The van der Waals surface area contributed by atoms with Crippen molar-refractivity contribution in [3.63, 3.8) is 0 Å². The highest BCUT2D eigenvalue weighted by molar-refractivity contribution is 5.99. The van der Waals surface area contributed by atoms with Gasteiger partial charge in [-0.2, -0.15) is 5.10 Å². The predicted molar refractivity (Wildman–Crippen MR) is 96.6 cm³/mol. The third-order valence-electron chi connectivity index (χ3n) is 3.60. The predicted octanol–water partition coefficient (Wildman–Crippen LogP) is 4.00. The summed E-state index contributed by atoms with van der Waals surface area (Å²) in [6.07, 6.45) is 1.59. The maximum atomic E-state index is 12.2. The van der Waals surface area contributed by atoms with Crippen molar-refractivity contribution in [2.45, 2.75) is 6.92 Å². The monoisotopic (exact) mass is 318 g/mol. The van der Waals surface area contributed by atoms with Crippen LogP contribution in [0.3, 0.4) is 0 Å². The van der Waals surface area contributed by atoms with Crippen LogP contribution in [0.2, 0.25) is 0 Å². The minimum atomic E-state index is -0.245. The molecule has 0 bridgehead atoms. The number of benzene rings is 3. The Hall–Kier alpha value is -3.14. The number of hydrogen-bond acceptors (Lipinski definition) is 3. The normalized spacial score (nSPS) is 10.9. The number of rotatable bonds is 5. The van der Waals surface area contributed by atoms with E-state index in [0.29, 0.717) is 12.2 Å². The lowest BCUT2D eigenvalue weighted by Crippen LogP contribution is -2.17. The van der Waals surface area contributed by atoms with E-state index in [4.69, 9.17) is 4.74 Å². The Balaban J connectivity index is 1.72. The van der Waals surface area contributed by atoms with Gasteiger partial charge in [0.1, 0.15) is 5.75 Å². The van der Waals surface area contributed by atoms with Crippen LogP contribution in [0.5, 0.6) is 5.75 Å². The molecule has 0 fully saturated rings. The molecule has 1 N–H and O–H groups in total. The molecule has 3 aromatic rings. The van der Waals surface area contributed by atoms with Crippen LogP contribution < -0.4 is 10.2 Å². The maximum Gasteiger partial charge on any atom is 0.271 e. The molecular weight excluding hydrogens is 300 g/mol. The van der Waals surface area contributed by atoms with Gasteiger partial charge in [-0.15, -0.1) is 0 Å². The second kappa shape index (κ2) is 7.42. The summed E-state index contributed by atoms with van der Waals surface area (Å²) in [6, 6.07) is 21.0. The Bertz CT molecular complexity index is 887. The van der Waals surface area contributed by atoms with Crippen LogP contribution in [-0.2, 0) is 0 Å². The van der Waals surface area contributed by atoms with E-state index in [1.807, 2.05) is 67.6 Å². The molecule has 0 spiro atoms. The van der Waals surface area contributed by atoms with Crippen molar-refractivity contribution in [1.82, 2.24) is 5.43 Å². The first kappa shape index (κ1) is 15.7. The standard InChI is InChI=1S/C20H18N2O2/c1-2-24-19-10-6-5-9-18(19)14-21-22-20(23)17-12-11-15-7-3-4-8-16(15)13-17/h3-14H,2H2,1H3,(H,22,23)/b21-14-. The molecule has 0 aliphatic rings. The summed E-state index contributed by atoms with van der Waals surface area (Å²) in [5, 5.41) is 6.16. The lowest BCUT2D eigenvalue weighted by Gasteiger charge is -2.06. The first-order chi connectivity index (χ1) is 11.8. The molecule has 0 aliphatic carbocycles. The number of nitrogens with zero attached hydrogens (tertiary/aromatic N) is 1. The molecule has 0 saturated carbocycles. The minimum absolute atomic E-state index is 0.245. The number of hydrogen-bond donors (Lipinski definition) is 1. The van der Waals surface area contributed by atoms with Gasteiger partial charge in [0.25, 0.3) is 5.91 Å². The molecule has 0 radical (unpaired) electrons. The Morgan fingerprint density at radius 1 is 1.04 bits per heavy atom. The molecule has 3 aromatic carbocycles. The zero-order chi connectivity index (χ0) is 16.8. The first-order valence-electron chi connectivity index (χ1n) is 7.82. The maximum absolute atomic E-state index is 12.2. The van der Waals surface area contributed by atoms with Gasteiger partial charge in [-0.1, -0.05) is 42.5 Å². The van der Waals surface area contributed by atoms with Crippen molar-refractivity contribution >= 4 is 22.9 Å². The molecule has 24 heavy (non-hydrogen) atoms. The number of amides is 1. The largest absolute Gasteiger partial charge is 0.493 e. The average molecular weight is 318 g/mol. The lowest BCUT2D eigenvalue weighted by atomic mass is 10.1. The van der Waals surface area contributed by atoms with Gasteiger partial charge < -0.3 is 4.74 Å². The molecule has 3 rings (SSSR count). The van der Waals surface area contributed by atoms with Gasteiger partial charge in [-0.05, 0) is 42.0 Å². The topological polar surface area (TPSA) is 50.7 Å². The summed E-state index contributed by atoms with van der Waals surface area (Å²) in [5.74, 6) is 0.495. The molecule has 0 aromatic heterocycles. The van der Waals surface area contributed by atoms with Crippen LogP contribution in [0, 0.1) is 0 Å². The van der Waals surface area contributed by atoms with E-state index < -0.39 is 0 Å². The molecule has 4 heteroatoms. The SMILES string of the molecule is CCOc1ccccc1/C=N\NC(=O)c1ccc2ccccc2c1. The van der Waals surface area contributed by atoms with Crippen LogP contribution in [-0.4, -0.2) is 18.7 Å². The molecular formula is C20H18N2O2. The Labute approximate surface area is 140 Å². The number of nitrogens with one attached hydrogen (secondary N) is 1. The molecule has 4 nitrogen and oxygen atoms in total. The van der Waals surface area contributed by atoms with Gasteiger partial charge in [0.15, 0.2) is 0 Å². The summed E-state index contributed by atoms with van der Waals surface area (Å²) in [5.41, 5.74) is 3.95. The highest BCUT2D eigenvalue weighted by Gasteiger charge is 2.05. The van der Waals surface area contributed by atoms with Crippen molar-refractivity contribution in [1.29, 1.82) is 0 Å². The highest BCUT2D eigenvalue weighted by atomic mass is 16.5. The van der Waals surface area contributed by atoms with E-state index in [1.54, 1.807) is 12.3 Å². The molecule has 1 amide bonds. The number of hydrazone groups is 1.